The third-order valence-corrected chi connectivity index (χ3v) is 4.82. The van der Waals surface area contributed by atoms with E-state index >= 15 is 0 Å². The molecule has 4 aromatic rings. The number of halogens is 1. The summed E-state index contributed by atoms with van der Waals surface area (Å²) in [7, 11) is 0. The summed E-state index contributed by atoms with van der Waals surface area (Å²) in [5, 5.41) is 0. The van der Waals surface area contributed by atoms with Crippen LogP contribution in [0.25, 0.3) is 22.3 Å². The third kappa shape index (κ3) is 3.92. The fourth-order valence-electron chi connectivity index (χ4n) is 2.80. The van der Waals surface area contributed by atoms with Crippen molar-refractivity contribution < 1.29 is 0 Å². The van der Waals surface area contributed by atoms with E-state index in [1.165, 1.54) is 11.1 Å². The molecule has 0 aliphatic heterocycles. The quantitative estimate of drug-likeness (QED) is 0.354. The van der Waals surface area contributed by atoms with E-state index < -0.39 is 0 Å². The fourth-order valence-corrected chi connectivity index (χ4v) is 3.14. The Balaban J connectivity index is 1.89. The normalized spacial score (nSPS) is 10.5. The number of benzene rings is 3. The number of nitrogens with zero attached hydrogens (tertiary/aromatic N) is 2. The summed E-state index contributed by atoms with van der Waals surface area (Å²) < 4.78 is 0.984. The lowest BCUT2D eigenvalue weighted by molar-refractivity contribution is 1.26. The van der Waals surface area contributed by atoms with Crippen LogP contribution in [-0.2, 0) is 0 Å². The second kappa shape index (κ2) is 7.34. The lowest BCUT2D eigenvalue weighted by Gasteiger charge is -2.07. The summed E-state index contributed by atoms with van der Waals surface area (Å²) in [6, 6.07) is 22.4. The van der Waals surface area contributed by atoms with E-state index in [0.717, 1.165) is 32.3 Å². The summed E-state index contributed by atoms with van der Waals surface area (Å²) in [5.74, 6) is 6.46. The van der Waals surface area contributed by atoms with Crippen LogP contribution in [0.2, 0.25) is 0 Å². The standard InChI is InChI=1S/C24H17BrN2/c1-16-3-7-18(8-4-16)9-13-22-24(19-10-5-17(2)6-11-19)27-23-15-20(25)12-14-21(23)26-22/h3-8,10-12,14-15H,1-2H3. The maximum Gasteiger partial charge on any atom is 0.140 e. The zero-order chi connectivity index (χ0) is 18.8. The van der Waals surface area contributed by atoms with Crippen molar-refractivity contribution in [1.82, 2.24) is 9.97 Å². The van der Waals surface area contributed by atoms with Crippen LogP contribution < -0.4 is 0 Å². The van der Waals surface area contributed by atoms with Crippen molar-refractivity contribution in [3.63, 3.8) is 0 Å². The van der Waals surface area contributed by atoms with Gasteiger partial charge in [-0.25, -0.2) is 9.97 Å². The van der Waals surface area contributed by atoms with Gasteiger partial charge in [0, 0.05) is 15.6 Å². The van der Waals surface area contributed by atoms with Crippen LogP contribution in [0.4, 0.5) is 0 Å². The summed E-state index contributed by atoms with van der Waals surface area (Å²) in [5.41, 5.74) is 7.59. The lowest BCUT2D eigenvalue weighted by atomic mass is 10.1. The monoisotopic (exact) mass is 412 g/mol. The molecular weight excluding hydrogens is 396 g/mol. The first-order chi connectivity index (χ1) is 13.1. The van der Waals surface area contributed by atoms with Crippen LogP contribution in [0.3, 0.4) is 0 Å². The van der Waals surface area contributed by atoms with Gasteiger partial charge in [-0.15, -0.1) is 0 Å². The number of hydrogen-bond acceptors (Lipinski definition) is 2. The molecule has 1 aromatic heterocycles. The van der Waals surface area contributed by atoms with Gasteiger partial charge in [0.25, 0.3) is 0 Å². The Morgan fingerprint density at radius 3 is 2.07 bits per heavy atom. The van der Waals surface area contributed by atoms with Gasteiger partial charge in [-0.2, -0.15) is 0 Å². The molecule has 0 aliphatic rings. The molecule has 0 atom stereocenters. The van der Waals surface area contributed by atoms with E-state index in [9.17, 15) is 0 Å². The predicted molar refractivity (Wildman–Crippen MR) is 115 cm³/mol. The topological polar surface area (TPSA) is 25.8 Å². The molecule has 2 nitrogen and oxygen atoms in total. The van der Waals surface area contributed by atoms with Gasteiger partial charge >= 0.3 is 0 Å². The molecule has 0 fully saturated rings. The van der Waals surface area contributed by atoms with Crippen molar-refractivity contribution in [2.45, 2.75) is 13.8 Å². The highest BCUT2D eigenvalue weighted by molar-refractivity contribution is 9.10. The first-order valence-corrected chi connectivity index (χ1v) is 9.51. The van der Waals surface area contributed by atoms with Gasteiger partial charge in [0.15, 0.2) is 0 Å². The second-order valence-electron chi connectivity index (χ2n) is 6.54. The van der Waals surface area contributed by atoms with E-state index in [1.807, 2.05) is 30.3 Å². The molecule has 4 rings (SSSR count). The van der Waals surface area contributed by atoms with Gasteiger partial charge in [-0.1, -0.05) is 69.4 Å². The van der Waals surface area contributed by atoms with Crippen LogP contribution in [-0.4, -0.2) is 9.97 Å². The van der Waals surface area contributed by atoms with Gasteiger partial charge < -0.3 is 0 Å². The molecule has 0 unspecified atom stereocenters. The van der Waals surface area contributed by atoms with E-state index in [2.05, 4.69) is 78.0 Å². The zero-order valence-corrected chi connectivity index (χ0v) is 16.7. The third-order valence-electron chi connectivity index (χ3n) is 4.33. The van der Waals surface area contributed by atoms with Crippen LogP contribution in [0.15, 0.2) is 71.2 Å². The maximum atomic E-state index is 4.87. The fraction of sp³-hybridized carbons (Fsp3) is 0.0833. The number of rotatable bonds is 1. The number of aryl methyl sites for hydroxylation is 2. The Labute approximate surface area is 167 Å². The minimum atomic E-state index is 0.689. The molecule has 3 aromatic carbocycles. The van der Waals surface area contributed by atoms with E-state index in [1.54, 1.807) is 0 Å². The van der Waals surface area contributed by atoms with Gasteiger partial charge in [-0.05, 0) is 50.1 Å². The molecule has 0 bridgehead atoms. The van der Waals surface area contributed by atoms with Crippen molar-refractivity contribution in [2.24, 2.45) is 0 Å². The highest BCUT2D eigenvalue weighted by Gasteiger charge is 2.10. The van der Waals surface area contributed by atoms with Crippen LogP contribution in [0.1, 0.15) is 22.4 Å². The summed E-state index contributed by atoms with van der Waals surface area (Å²) in [4.78, 5) is 9.66. The highest BCUT2D eigenvalue weighted by Crippen LogP contribution is 2.25. The van der Waals surface area contributed by atoms with Gasteiger partial charge in [-0.3, -0.25) is 0 Å². The summed E-state index contributed by atoms with van der Waals surface area (Å²) >= 11 is 3.51. The second-order valence-corrected chi connectivity index (χ2v) is 7.45. The van der Waals surface area contributed by atoms with Gasteiger partial charge in [0.2, 0.25) is 0 Å². The first-order valence-electron chi connectivity index (χ1n) is 8.71. The molecule has 0 N–H and O–H groups in total. The lowest BCUT2D eigenvalue weighted by Crippen LogP contribution is -1.96. The first kappa shape index (κ1) is 17.5. The van der Waals surface area contributed by atoms with Crippen LogP contribution in [0.5, 0.6) is 0 Å². The van der Waals surface area contributed by atoms with Crippen LogP contribution in [0, 0.1) is 25.7 Å². The van der Waals surface area contributed by atoms with Crippen molar-refractivity contribution in [2.75, 3.05) is 0 Å². The highest BCUT2D eigenvalue weighted by atomic mass is 79.9. The molecule has 0 aliphatic carbocycles. The Kier molecular flexibility index (Phi) is 4.75. The Morgan fingerprint density at radius 2 is 1.37 bits per heavy atom. The summed E-state index contributed by atoms with van der Waals surface area (Å²) in [6.07, 6.45) is 0. The Bertz CT molecular complexity index is 1180. The largest absolute Gasteiger partial charge is 0.243 e. The number of fused-ring (bicyclic) bond motifs is 1. The Morgan fingerprint density at radius 1 is 0.704 bits per heavy atom. The van der Waals surface area contributed by atoms with Crippen LogP contribution >= 0.6 is 15.9 Å². The smallest absolute Gasteiger partial charge is 0.140 e. The van der Waals surface area contributed by atoms with E-state index in [0.29, 0.717) is 5.69 Å². The molecule has 27 heavy (non-hydrogen) atoms. The molecule has 0 saturated heterocycles. The minimum absolute atomic E-state index is 0.689. The van der Waals surface area contributed by atoms with Crippen molar-refractivity contribution in [3.05, 3.63) is 93.6 Å². The molecule has 0 radical (unpaired) electrons. The molecule has 0 amide bonds. The maximum absolute atomic E-state index is 4.87. The van der Waals surface area contributed by atoms with Crippen molar-refractivity contribution in [3.8, 4) is 23.1 Å². The van der Waals surface area contributed by atoms with E-state index in [-0.39, 0.29) is 0 Å². The molecule has 130 valence electrons. The van der Waals surface area contributed by atoms with E-state index in [4.69, 9.17) is 9.97 Å². The van der Waals surface area contributed by atoms with Gasteiger partial charge in [0.05, 0.1) is 11.0 Å². The average molecular weight is 413 g/mol. The summed E-state index contributed by atoms with van der Waals surface area (Å²) in [6.45, 7) is 4.14. The minimum Gasteiger partial charge on any atom is -0.243 e. The molecule has 1 heterocycles. The average Bonchev–Trinajstić information content (AvgIpc) is 2.67. The van der Waals surface area contributed by atoms with Crippen molar-refractivity contribution in [1.29, 1.82) is 0 Å². The molecule has 3 heteroatoms. The van der Waals surface area contributed by atoms with Gasteiger partial charge in [0.1, 0.15) is 11.4 Å². The predicted octanol–water partition coefficient (Wildman–Crippen LogP) is 6.08. The molecule has 0 saturated carbocycles. The molecular formula is C24H17BrN2. The number of aromatic nitrogens is 2. The van der Waals surface area contributed by atoms with Crippen molar-refractivity contribution >= 4 is 27.0 Å². The number of hydrogen-bond donors (Lipinski definition) is 0. The zero-order valence-electron chi connectivity index (χ0n) is 15.1. The SMILES string of the molecule is Cc1ccc(C#Cc2nc3ccc(Br)cc3nc2-c2ccc(C)cc2)cc1. The Hall–Kier alpha value is -2.96. The molecule has 0 spiro atoms.